The van der Waals surface area contributed by atoms with Crippen LogP contribution in [0.5, 0.6) is 0 Å². The van der Waals surface area contributed by atoms with Gasteiger partial charge < -0.3 is 20.7 Å². The fraction of sp³-hybridized carbons (Fsp3) is 0.286. The summed E-state index contributed by atoms with van der Waals surface area (Å²) in [6, 6.07) is 7.09. The topological polar surface area (TPSA) is 146 Å². The zero-order valence-corrected chi connectivity index (χ0v) is 18.5. The zero-order valence-electron chi connectivity index (χ0n) is 18.5. The Morgan fingerprint density at radius 2 is 1.88 bits per heavy atom. The molecule has 0 aliphatic rings. The maximum Gasteiger partial charge on any atom is 0.411 e. The van der Waals surface area contributed by atoms with E-state index in [-0.39, 0.29) is 23.5 Å². The molecule has 2 aromatic heterocycles. The quantitative estimate of drug-likeness (QED) is 0.376. The number of ether oxygens (including phenoxy) is 1. The molecule has 0 radical (unpaired) electrons. The number of amides is 2. The van der Waals surface area contributed by atoms with Crippen LogP contribution in [0.3, 0.4) is 0 Å². The fourth-order valence-electron chi connectivity index (χ4n) is 2.78. The van der Waals surface area contributed by atoms with Gasteiger partial charge in [-0.3, -0.25) is 15.2 Å². The van der Waals surface area contributed by atoms with Gasteiger partial charge in [0.15, 0.2) is 23.1 Å². The average Bonchev–Trinajstić information content (AvgIpc) is 3.14. The van der Waals surface area contributed by atoms with Crippen LogP contribution in [0.15, 0.2) is 30.5 Å². The molecule has 11 nitrogen and oxygen atoms in total. The van der Waals surface area contributed by atoms with Crippen LogP contribution >= 0.6 is 0 Å². The molecule has 11 heteroatoms. The first kappa shape index (κ1) is 22.5. The molecule has 0 aliphatic heterocycles. The van der Waals surface area contributed by atoms with Gasteiger partial charge in [0.2, 0.25) is 0 Å². The molecule has 3 rings (SSSR count). The summed E-state index contributed by atoms with van der Waals surface area (Å²) >= 11 is 0. The van der Waals surface area contributed by atoms with Crippen molar-refractivity contribution in [1.82, 2.24) is 25.5 Å². The first-order valence-corrected chi connectivity index (χ1v) is 9.94. The van der Waals surface area contributed by atoms with E-state index in [1.807, 2.05) is 39.8 Å². The number of nitrogens with zero attached hydrogens (tertiary/aromatic N) is 3. The van der Waals surface area contributed by atoms with E-state index in [4.69, 9.17) is 0 Å². The standard InChI is InChI=1S/C21H26N8O3/c1-11(2)23-20(30)18-19(27-17(10-22-18)26-16-8-13(4)28-29-16)24-14-7-6-12(3)15(9-14)25-21(31)32-5/h6-11H,1-5H3,(H,23,30)(H,25,31)(H3,24,26,27,28,29). The van der Waals surface area contributed by atoms with Gasteiger partial charge in [-0.2, -0.15) is 5.10 Å². The molecule has 5 N–H and O–H groups in total. The Labute approximate surface area is 185 Å². The summed E-state index contributed by atoms with van der Waals surface area (Å²) in [6.45, 7) is 7.46. The predicted octanol–water partition coefficient (Wildman–Crippen LogP) is 3.62. The summed E-state index contributed by atoms with van der Waals surface area (Å²) in [7, 11) is 1.29. The Hall–Kier alpha value is -4.15. The third-order valence-electron chi connectivity index (χ3n) is 4.29. The van der Waals surface area contributed by atoms with Crippen LogP contribution in [0.2, 0.25) is 0 Å². The monoisotopic (exact) mass is 438 g/mol. The lowest BCUT2D eigenvalue weighted by molar-refractivity contribution is 0.0938. The third kappa shape index (κ3) is 5.72. The molecule has 1 aromatic carbocycles. The van der Waals surface area contributed by atoms with Crippen molar-refractivity contribution in [3.05, 3.63) is 47.4 Å². The highest BCUT2D eigenvalue weighted by Gasteiger charge is 2.18. The summed E-state index contributed by atoms with van der Waals surface area (Å²) in [5, 5.41) is 18.6. The summed E-state index contributed by atoms with van der Waals surface area (Å²) in [6.07, 6.45) is 0.881. The van der Waals surface area contributed by atoms with Gasteiger partial charge in [-0.25, -0.2) is 14.8 Å². The number of anilines is 5. The van der Waals surface area contributed by atoms with Gasteiger partial charge in [0.1, 0.15) is 0 Å². The Bertz CT molecular complexity index is 1130. The number of benzene rings is 1. The minimum absolute atomic E-state index is 0.0720. The van der Waals surface area contributed by atoms with Crippen molar-refractivity contribution in [1.29, 1.82) is 0 Å². The molecule has 0 fully saturated rings. The highest BCUT2D eigenvalue weighted by atomic mass is 16.5. The van der Waals surface area contributed by atoms with E-state index in [1.165, 1.54) is 13.3 Å². The molecule has 0 atom stereocenters. The predicted molar refractivity (Wildman–Crippen MR) is 122 cm³/mol. The summed E-state index contributed by atoms with van der Waals surface area (Å²) < 4.78 is 4.67. The number of H-pyrrole nitrogens is 1. The van der Waals surface area contributed by atoms with Gasteiger partial charge in [-0.15, -0.1) is 0 Å². The number of carbonyl (C=O) groups excluding carboxylic acids is 2. The van der Waals surface area contributed by atoms with Crippen molar-refractivity contribution < 1.29 is 14.3 Å². The lowest BCUT2D eigenvalue weighted by atomic mass is 10.1. The number of aromatic amines is 1. The molecule has 0 saturated carbocycles. The largest absolute Gasteiger partial charge is 0.453 e. The van der Waals surface area contributed by atoms with Crippen LogP contribution in [-0.2, 0) is 4.74 Å². The lowest BCUT2D eigenvalue weighted by Crippen LogP contribution is -2.31. The van der Waals surface area contributed by atoms with Gasteiger partial charge >= 0.3 is 6.09 Å². The number of methoxy groups -OCH3 is 1. The molecule has 168 valence electrons. The molecule has 2 heterocycles. The lowest BCUT2D eigenvalue weighted by Gasteiger charge is -2.15. The zero-order chi connectivity index (χ0) is 23.3. The molecule has 0 aliphatic carbocycles. The van der Waals surface area contributed by atoms with E-state index < -0.39 is 6.09 Å². The SMILES string of the molecule is COC(=O)Nc1cc(Nc2nc(Nc3cc(C)[nH]n3)cnc2C(=O)NC(C)C)ccc1C. The van der Waals surface area contributed by atoms with Crippen LogP contribution in [0, 0.1) is 13.8 Å². The van der Waals surface area contributed by atoms with E-state index in [0.717, 1.165) is 11.3 Å². The van der Waals surface area contributed by atoms with Crippen LogP contribution in [0.4, 0.5) is 33.6 Å². The van der Waals surface area contributed by atoms with Gasteiger partial charge in [0.25, 0.3) is 5.91 Å². The van der Waals surface area contributed by atoms with Crippen LogP contribution < -0.4 is 21.3 Å². The minimum Gasteiger partial charge on any atom is -0.453 e. The second kappa shape index (κ2) is 9.77. The van der Waals surface area contributed by atoms with Crippen molar-refractivity contribution in [2.45, 2.75) is 33.7 Å². The third-order valence-corrected chi connectivity index (χ3v) is 4.29. The molecular formula is C21H26N8O3. The number of aromatic nitrogens is 4. The minimum atomic E-state index is -0.581. The first-order valence-electron chi connectivity index (χ1n) is 9.94. The van der Waals surface area contributed by atoms with Crippen molar-refractivity contribution in [3.8, 4) is 0 Å². The van der Waals surface area contributed by atoms with E-state index in [0.29, 0.717) is 23.0 Å². The smallest absolute Gasteiger partial charge is 0.411 e. The van der Waals surface area contributed by atoms with Gasteiger partial charge in [-0.05, 0) is 45.4 Å². The van der Waals surface area contributed by atoms with Gasteiger partial charge in [-0.1, -0.05) is 6.07 Å². The van der Waals surface area contributed by atoms with Gasteiger partial charge in [0.05, 0.1) is 13.3 Å². The molecular weight excluding hydrogens is 412 g/mol. The highest BCUT2D eigenvalue weighted by molar-refractivity contribution is 5.98. The van der Waals surface area contributed by atoms with E-state index in [2.05, 4.69) is 46.2 Å². The van der Waals surface area contributed by atoms with Crippen LogP contribution in [-0.4, -0.2) is 45.3 Å². The van der Waals surface area contributed by atoms with E-state index in [9.17, 15) is 9.59 Å². The van der Waals surface area contributed by atoms with Crippen LogP contribution in [0.1, 0.15) is 35.6 Å². The van der Waals surface area contributed by atoms with Crippen molar-refractivity contribution in [2.24, 2.45) is 0 Å². The summed E-state index contributed by atoms with van der Waals surface area (Å²) in [4.78, 5) is 33.1. The molecule has 0 unspecified atom stereocenters. The van der Waals surface area contributed by atoms with Crippen molar-refractivity contribution in [3.63, 3.8) is 0 Å². The normalized spacial score (nSPS) is 10.6. The van der Waals surface area contributed by atoms with Crippen LogP contribution in [0.25, 0.3) is 0 Å². The van der Waals surface area contributed by atoms with Crippen molar-refractivity contribution >= 4 is 40.8 Å². The number of hydrogen-bond donors (Lipinski definition) is 5. The van der Waals surface area contributed by atoms with E-state index >= 15 is 0 Å². The maximum atomic E-state index is 12.7. The molecule has 3 aromatic rings. The highest BCUT2D eigenvalue weighted by Crippen LogP contribution is 2.25. The number of carbonyl (C=O) groups is 2. The Morgan fingerprint density at radius 1 is 1.09 bits per heavy atom. The Kier molecular flexibility index (Phi) is 6.88. The fourth-order valence-corrected chi connectivity index (χ4v) is 2.78. The Morgan fingerprint density at radius 3 is 2.53 bits per heavy atom. The van der Waals surface area contributed by atoms with Gasteiger partial charge in [0, 0.05) is 29.2 Å². The average molecular weight is 438 g/mol. The molecule has 0 saturated heterocycles. The second-order valence-electron chi connectivity index (χ2n) is 7.41. The Balaban J connectivity index is 1.94. The number of aryl methyl sites for hydroxylation is 2. The number of hydrogen-bond acceptors (Lipinski definition) is 8. The number of nitrogens with one attached hydrogen (secondary N) is 5. The first-order chi connectivity index (χ1) is 15.2. The maximum absolute atomic E-state index is 12.7. The van der Waals surface area contributed by atoms with E-state index in [1.54, 1.807) is 12.1 Å². The molecule has 0 spiro atoms. The summed E-state index contributed by atoms with van der Waals surface area (Å²) in [5.74, 6) is 0.854. The second-order valence-corrected chi connectivity index (χ2v) is 7.41. The molecule has 2 amide bonds. The molecule has 0 bridgehead atoms. The van der Waals surface area contributed by atoms with Crippen molar-refractivity contribution in [2.75, 3.05) is 23.1 Å². The summed E-state index contributed by atoms with van der Waals surface area (Å²) in [5.41, 5.74) is 3.02. The molecule has 32 heavy (non-hydrogen) atoms. The number of rotatable bonds is 7.